The fraction of sp³-hybridized carbons (Fsp3) is 0.250. The topological polar surface area (TPSA) is 43.9 Å². The van der Waals surface area contributed by atoms with E-state index in [0.717, 1.165) is 41.5 Å². The number of nitrogens with zero attached hydrogens (tertiary/aromatic N) is 3. The summed E-state index contributed by atoms with van der Waals surface area (Å²) in [4.78, 5) is 0. The molecule has 0 aliphatic carbocycles. The Kier molecular flexibility index (Phi) is 2.66. The van der Waals surface area contributed by atoms with Crippen molar-refractivity contribution in [3.63, 3.8) is 0 Å². The molecule has 0 amide bonds. The second-order valence-corrected chi connectivity index (χ2v) is 5.10. The molecule has 100 valence electrons. The fourth-order valence-corrected chi connectivity index (χ4v) is 2.75. The van der Waals surface area contributed by atoms with Gasteiger partial charge in [-0.2, -0.15) is 0 Å². The number of aryl methyl sites for hydroxylation is 1. The predicted octanol–water partition coefficient (Wildman–Crippen LogP) is 3.54. The molecular formula is C16H15N3O. The van der Waals surface area contributed by atoms with Crippen LogP contribution in [0, 0.1) is 0 Å². The highest BCUT2D eigenvalue weighted by atomic mass is 16.3. The number of furan rings is 1. The van der Waals surface area contributed by atoms with Crippen LogP contribution in [0.15, 0.2) is 47.1 Å². The van der Waals surface area contributed by atoms with Crippen molar-refractivity contribution in [1.29, 1.82) is 0 Å². The summed E-state index contributed by atoms with van der Waals surface area (Å²) >= 11 is 0. The number of fused-ring (bicyclic) bond motifs is 1. The van der Waals surface area contributed by atoms with Gasteiger partial charge >= 0.3 is 0 Å². The smallest absolute Gasteiger partial charge is 0.163 e. The summed E-state index contributed by atoms with van der Waals surface area (Å²) in [6.07, 6.45) is 5.16. The van der Waals surface area contributed by atoms with Crippen LogP contribution in [0.25, 0.3) is 22.7 Å². The summed E-state index contributed by atoms with van der Waals surface area (Å²) in [5.74, 6) is 2.98. The zero-order valence-corrected chi connectivity index (χ0v) is 11.1. The summed E-state index contributed by atoms with van der Waals surface area (Å²) in [6.45, 7) is 1.03. The molecule has 0 atom stereocenters. The van der Waals surface area contributed by atoms with Crippen LogP contribution < -0.4 is 0 Å². The lowest BCUT2D eigenvalue weighted by atomic mass is 10.1. The summed E-state index contributed by atoms with van der Waals surface area (Å²) in [5.41, 5.74) is 2.19. The maximum absolute atomic E-state index is 5.41. The third-order valence-corrected chi connectivity index (χ3v) is 3.81. The van der Waals surface area contributed by atoms with Gasteiger partial charge in [-0.3, -0.25) is 0 Å². The third kappa shape index (κ3) is 1.84. The lowest BCUT2D eigenvalue weighted by Crippen LogP contribution is -2.11. The van der Waals surface area contributed by atoms with E-state index in [9.17, 15) is 0 Å². The average Bonchev–Trinajstić information content (AvgIpc) is 3.17. The lowest BCUT2D eigenvalue weighted by molar-refractivity contribution is 0.526. The van der Waals surface area contributed by atoms with Crippen LogP contribution in [-0.4, -0.2) is 14.8 Å². The Morgan fingerprint density at radius 3 is 2.60 bits per heavy atom. The number of rotatable bonds is 2. The number of aromatic nitrogens is 3. The van der Waals surface area contributed by atoms with Crippen molar-refractivity contribution in [3.8, 4) is 22.7 Å². The molecule has 1 aliphatic heterocycles. The third-order valence-electron chi connectivity index (χ3n) is 3.81. The first kappa shape index (κ1) is 11.5. The number of hydrogen-bond acceptors (Lipinski definition) is 3. The number of hydrogen-bond donors (Lipinski definition) is 0. The first-order valence-electron chi connectivity index (χ1n) is 6.98. The van der Waals surface area contributed by atoms with Crippen LogP contribution in [0.3, 0.4) is 0 Å². The van der Waals surface area contributed by atoms with E-state index in [2.05, 4.69) is 39.0 Å². The van der Waals surface area contributed by atoms with Gasteiger partial charge in [0.05, 0.1) is 6.26 Å². The lowest BCUT2D eigenvalue weighted by Gasteiger charge is -2.14. The van der Waals surface area contributed by atoms with Crippen LogP contribution in [-0.2, 0) is 13.0 Å². The van der Waals surface area contributed by atoms with Gasteiger partial charge in [0.15, 0.2) is 5.82 Å². The van der Waals surface area contributed by atoms with E-state index in [1.807, 2.05) is 12.1 Å². The minimum Gasteiger partial charge on any atom is -0.464 e. The van der Waals surface area contributed by atoms with Gasteiger partial charge < -0.3 is 8.98 Å². The molecule has 0 radical (unpaired) electrons. The zero-order valence-electron chi connectivity index (χ0n) is 11.1. The maximum Gasteiger partial charge on any atom is 0.163 e. The van der Waals surface area contributed by atoms with Crippen molar-refractivity contribution in [1.82, 2.24) is 14.8 Å². The van der Waals surface area contributed by atoms with E-state index in [4.69, 9.17) is 4.42 Å². The van der Waals surface area contributed by atoms with Crippen molar-refractivity contribution >= 4 is 0 Å². The Balaban J connectivity index is 1.71. The van der Waals surface area contributed by atoms with Gasteiger partial charge in [0.1, 0.15) is 11.6 Å². The van der Waals surface area contributed by atoms with Crippen molar-refractivity contribution in [2.75, 3.05) is 0 Å². The van der Waals surface area contributed by atoms with Gasteiger partial charge in [-0.1, -0.05) is 24.3 Å². The van der Waals surface area contributed by atoms with Gasteiger partial charge in [-0.05, 0) is 25.0 Å². The molecule has 4 nitrogen and oxygen atoms in total. The quantitative estimate of drug-likeness (QED) is 0.711. The molecule has 0 bridgehead atoms. The SMILES string of the molecule is c1coc(-c2ccc(-c3nnc4n3CCCC4)cc2)c1. The van der Waals surface area contributed by atoms with E-state index in [1.165, 1.54) is 12.8 Å². The predicted molar refractivity (Wildman–Crippen MR) is 76.1 cm³/mol. The molecule has 0 N–H and O–H groups in total. The van der Waals surface area contributed by atoms with Crippen molar-refractivity contribution in [3.05, 3.63) is 48.5 Å². The molecular weight excluding hydrogens is 250 g/mol. The summed E-state index contributed by atoms with van der Waals surface area (Å²) in [6, 6.07) is 12.2. The normalized spacial score (nSPS) is 14.2. The molecule has 4 heteroatoms. The molecule has 0 fully saturated rings. The molecule has 0 saturated carbocycles. The van der Waals surface area contributed by atoms with Gasteiger partial charge in [0, 0.05) is 24.1 Å². The number of benzene rings is 1. The molecule has 20 heavy (non-hydrogen) atoms. The molecule has 4 rings (SSSR count). The maximum atomic E-state index is 5.41. The Hall–Kier alpha value is -2.36. The second kappa shape index (κ2) is 4.63. The van der Waals surface area contributed by atoms with Gasteiger partial charge in [0.2, 0.25) is 0 Å². The van der Waals surface area contributed by atoms with Crippen LogP contribution in [0.2, 0.25) is 0 Å². The summed E-state index contributed by atoms with van der Waals surface area (Å²) in [5, 5.41) is 8.65. The Morgan fingerprint density at radius 2 is 1.80 bits per heavy atom. The summed E-state index contributed by atoms with van der Waals surface area (Å²) < 4.78 is 7.65. The van der Waals surface area contributed by atoms with E-state index < -0.39 is 0 Å². The largest absolute Gasteiger partial charge is 0.464 e. The molecule has 0 saturated heterocycles. The Labute approximate surface area is 117 Å². The van der Waals surface area contributed by atoms with Gasteiger partial charge in [-0.25, -0.2) is 0 Å². The highest BCUT2D eigenvalue weighted by molar-refractivity contribution is 5.64. The Morgan fingerprint density at radius 1 is 0.950 bits per heavy atom. The first-order chi connectivity index (χ1) is 9.92. The molecule has 3 aromatic rings. The molecule has 2 aromatic heterocycles. The first-order valence-corrected chi connectivity index (χ1v) is 6.98. The van der Waals surface area contributed by atoms with Crippen LogP contribution in [0.1, 0.15) is 18.7 Å². The Bertz CT molecular complexity index is 711. The van der Waals surface area contributed by atoms with Crippen LogP contribution >= 0.6 is 0 Å². The zero-order chi connectivity index (χ0) is 13.4. The average molecular weight is 265 g/mol. The van der Waals surface area contributed by atoms with E-state index >= 15 is 0 Å². The summed E-state index contributed by atoms with van der Waals surface area (Å²) in [7, 11) is 0. The van der Waals surface area contributed by atoms with Gasteiger partial charge in [-0.15, -0.1) is 10.2 Å². The van der Waals surface area contributed by atoms with E-state index in [1.54, 1.807) is 6.26 Å². The highest BCUT2D eigenvalue weighted by Crippen LogP contribution is 2.26. The molecule has 0 spiro atoms. The van der Waals surface area contributed by atoms with Crippen molar-refractivity contribution < 1.29 is 4.42 Å². The fourth-order valence-electron chi connectivity index (χ4n) is 2.75. The van der Waals surface area contributed by atoms with Gasteiger partial charge in [0.25, 0.3) is 0 Å². The van der Waals surface area contributed by atoms with E-state index in [-0.39, 0.29) is 0 Å². The second-order valence-electron chi connectivity index (χ2n) is 5.10. The van der Waals surface area contributed by atoms with Crippen molar-refractivity contribution in [2.45, 2.75) is 25.8 Å². The molecule has 1 aromatic carbocycles. The monoisotopic (exact) mass is 265 g/mol. The minimum absolute atomic E-state index is 0.889. The van der Waals surface area contributed by atoms with Crippen LogP contribution in [0.4, 0.5) is 0 Å². The highest BCUT2D eigenvalue weighted by Gasteiger charge is 2.16. The standard InChI is InChI=1S/C16H15N3O/c1-2-10-19-15(5-1)17-18-16(19)13-8-6-12(7-9-13)14-4-3-11-20-14/h3-4,6-9,11H,1-2,5,10H2. The van der Waals surface area contributed by atoms with E-state index in [0.29, 0.717) is 0 Å². The van der Waals surface area contributed by atoms with Crippen molar-refractivity contribution in [2.24, 2.45) is 0 Å². The minimum atomic E-state index is 0.889. The molecule has 0 unspecified atom stereocenters. The molecule has 1 aliphatic rings. The van der Waals surface area contributed by atoms with Crippen LogP contribution in [0.5, 0.6) is 0 Å². The molecule has 3 heterocycles.